The Morgan fingerprint density at radius 2 is 2.00 bits per heavy atom. The third kappa shape index (κ3) is 1.57. The van der Waals surface area contributed by atoms with Crippen molar-refractivity contribution in [2.75, 3.05) is 5.75 Å². The molecule has 1 aromatic rings. The van der Waals surface area contributed by atoms with Crippen molar-refractivity contribution in [3.05, 3.63) is 35.4 Å². The fourth-order valence-corrected chi connectivity index (χ4v) is 3.51. The number of fused-ring (bicyclic) bond motifs is 1. The summed E-state index contributed by atoms with van der Waals surface area (Å²) in [4.78, 5) is 0. The average Bonchev–Trinajstić information content (AvgIpc) is 2.27. The number of hydrogen-bond donors (Lipinski definition) is 0. The van der Waals surface area contributed by atoms with Crippen LogP contribution in [0.25, 0.3) is 0 Å². The van der Waals surface area contributed by atoms with Crippen molar-refractivity contribution in [1.29, 1.82) is 0 Å². The molecule has 1 heterocycles. The Labute approximate surface area is 84.9 Å². The van der Waals surface area contributed by atoms with Gasteiger partial charge in [0.25, 0.3) is 0 Å². The zero-order valence-electron chi connectivity index (χ0n) is 8.23. The van der Waals surface area contributed by atoms with E-state index in [-0.39, 0.29) is 5.25 Å². The molecule has 0 aliphatic carbocycles. The highest BCUT2D eigenvalue weighted by Crippen LogP contribution is 2.30. The second kappa shape index (κ2) is 3.39. The van der Waals surface area contributed by atoms with Gasteiger partial charge >= 0.3 is 0 Å². The molecule has 0 saturated heterocycles. The molecule has 0 fully saturated rings. The Hall–Kier alpha value is -0.830. The van der Waals surface area contributed by atoms with Crippen molar-refractivity contribution in [3.63, 3.8) is 0 Å². The van der Waals surface area contributed by atoms with Crippen LogP contribution in [0.1, 0.15) is 29.7 Å². The van der Waals surface area contributed by atoms with E-state index in [9.17, 15) is 8.42 Å². The first-order valence-electron chi connectivity index (χ1n) is 4.90. The van der Waals surface area contributed by atoms with E-state index < -0.39 is 9.84 Å². The van der Waals surface area contributed by atoms with Gasteiger partial charge in [0.05, 0.1) is 11.0 Å². The molecule has 0 amide bonds. The smallest absolute Gasteiger partial charge is 0.157 e. The van der Waals surface area contributed by atoms with Crippen LogP contribution in [0.2, 0.25) is 0 Å². The number of rotatable bonds is 0. The zero-order chi connectivity index (χ0) is 10.2. The van der Waals surface area contributed by atoms with Crippen LogP contribution in [-0.4, -0.2) is 14.2 Å². The van der Waals surface area contributed by atoms with Crippen LogP contribution in [-0.2, 0) is 16.3 Å². The van der Waals surface area contributed by atoms with Gasteiger partial charge < -0.3 is 0 Å². The summed E-state index contributed by atoms with van der Waals surface area (Å²) in [6, 6.07) is 7.86. The van der Waals surface area contributed by atoms with E-state index in [4.69, 9.17) is 0 Å². The lowest BCUT2D eigenvalue weighted by atomic mass is 10.0. The highest BCUT2D eigenvalue weighted by Gasteiger charge is 2.26. The summed E-state index contributed by atoms with van der Waals surface area (Å²) < 4.78 is 23.5. The molecule has 14 heavy (non-hydrogen) atoms. The second-order valence-corrected chi connectivity index (χ2v) is 6.25. The molecule has 2 nitrogen and oxygen atoms in total. The topological polar surface area (TPSA) is 34.1 Å². The van der Waals surface area contributed by atoms with E-state index in [1.807, 2.05) is 24.3 Å². The molecule has 1 aliphatic heterocycles. The van der Waals surface area contributed by atoms with E-state index in [1.54, 1.807) is 6.92 Å². The van der Waals surface area contributed by atoms with Crippen molar-refractivity contribution in [2.24, 2.45) is 0 Å². The lowest BCUT2D eigenvalue weighted by molar-refractivity contribution is 0.586. The van der Waals surface area contributed by atoms with Crippen LogP contribution in [0.3, 0.4) is 0 Å². The summed E-state index contributed by atoms with van der Waals surface area (Å²) in [7, 11) is -2.91. The normalized spacial score (nSPS) is 25.1. The quantitative estimate of drug-likeness (QED) is 0.657. The van der Waals surface area contributed by atoms with Crippen LogP contribution in [0.5, 0.6) is 0 Å². The van der Waals surface area contributed by atoms with Gasteiger partial charge in [0.1, 0.15) is 0 Å². The van der Waals surface area contributed by atoms with E-state index in [2.05, 4.69) is 0 Å². The summed E-state index contributed by atoms with van der Waals surface area (Å²) in [5.74, 6) is 0.322. The summed E-state index contributed by atoms with van der Waals surface area (Å²) in [6.45, 7) is 1.79. The molecule has 0 bridgehead atoms. The third-order valence-electron chi connectivity index (χ3n) is 2.91. The first-order chi connectivity index (χ1) is 6.61. The molecule has 0 N–H and O–H groups in total. The summed E-state index contributed by atoms with van der Waals surface area (Å²) >= 11 is 0. The zero-order valence-corrected chi connectivity index (χ0v) is 9.05. The van der Waals surface area contributed by atoms with Crippen molar-refractivity contribution >= 4 is 9.84 Å². The molecule has 76 valence electrons. The maximum absolute atomic E-state index is 11.8. The van der Waals surface area contributed by atoms with Gasteiger partial charge in [-0.15, -0.1) is 0 Å². The van der Waals surface area contributed by atoms with Gasteiger partial charge in [-0.3, -0.25) is 0 Å². The van der Waals surface area contributed by atoms with Gasteiger partial charge in [0.15, 0.2) is 9.84 Å². The fraction of sp³-hybridized carbons (Fsp3) is 0.455. The van der Waals surface area contributed by atoms with Crippen molar-refractivity contribution in [1.82, 2.24) is 0 Å². The second-order valence-electron chi connectivity index (χ2n) is 3.81. The van der Waals surface area contributed by atoms with Crippen LogP contribution >= 0.6 is 0 Å². The predicted molar refractivity (Wildman–Crippen MR) is 57.0 cm³/mol. The molecule has 1 atom stereocenters. The minimum Gasteiger partial charge on any atom is -0.228 e. The molecule has 1 unspecified atom stereocenters. The number of sulfone groups is 1. The molecule has 2 rings (SSSR count). The van der Waals surface area contributed by atoms with Gasteiger partial charge in [-0.25, -0.2) is 8.42 Å². The largest absolute Gasteiger partial charge is 0.228 e. The molecular weight excluding hydrogens is 196 g/mol. The van der Waals surface area contributed by atoms with Crippen LogP contribution in [0.15, 0.2) is 24.3 Å². The Kier molecular flexibility index (Phi) is 2.35. The molecule has 0 radical (unpaired) electrons. The molecular formula is C11H14O2S. The minimum absolute atomic E-state index is 0.322. The standard InChI is InChI=1S/C11H14O2S/c1-9-11-7-3-2-5-10(11)6-4-8-14(9,12)13/h2-3,5,7,9H,4,6,8H2,1H3. The first-order valence-corrected chi connectivity index (χ1v) is 6.62. The van der Waals surface area contributed by atoms with Crippen molar-refractivity contribution in [2.45, 2.75) is 25.0 Å². The molecule has 3 heteroatoms. The van der Waals surface area contributed by atoms with Gasteiger partial charge in [0.2, 0.25) is 0 Å². The van der Waals surface area contributed by atoms with Gasteiger partial charge in [-0.2, -0.15) is 0 Å². The van der Waals surface area contributed by atoms with E-state index in [0.717, 1.165) is 18.4 Å². The third-order valence-corrected chi connectivity index (χ3v) is 5.10. The molecule has 0 spiro atoms. The van der Waals surface area contributed by atoms with Crippen molar-refractivity contribution in [3.8, 4) is 0 Å². The summed E-state index contributed by atoms with van der Waals surface area (Å²) in [6.07, 6.45) is 1.64. The maximum atomic E-state index is 11.8. The maximum Gasteiger partial charge on any atom is 0.157 e. The van der Waals surface area contributed by atoms with Gasteiger partial charge in [-0.1, -0.05) is 24.3 Å². The summed E-state index contributed by atoms with van der Waals surface area (Å²) in [5.41, 5.74) is 2.19. The molecule has 1 aromatic carbocycles. The SMILES string of the molecule is CC1c2ccccc2CCCS1(=O)=O. The minimum atomic E-state index is -2.91. The highest BCUT2D eigenvalue weighted by atomic mass is 32.2. The highest BCUT2D eigenvalue weighted by molar-refractivity contribution is 7.91. The first kappa shape index (κ1) is 9.71. The van der Waals surface area contributed by atoms with Gasteiger partial charge in [0, 0.05) is 0 Å². The Morgan fingerprint density at radius 3 is 2.79 bits per heavy atom. The van der Waals surface area contributed by atoms with Crippen LogP contribution < -0.4 is 0 Å². The Morgan fingerprint density at radius 1 is 1.29 bits per heavy atom. The summed E-state index contributed by atoms with van der Waals surface area (Å²) in [5, 5.41) is -0.332. The van der Waals surface area contributed by atoms with Crippen LogP contribution in [0, 0.1) is 0 Å². The van der Waals surface area contributed by atoms with E-state index >= 15 is 0 Å². The lowest BCUT2D eigenvalue weighted by Gasteiger charge is -2.11. The molecule has 0 saturated carbocycles. The molecule has 1 aliphatic rings. The fourth-order valence-electron chi connectivity index (χ4n) is 1.99. The van der Waals surface area contributed by atoms with Gasteiger partial charge in [-0.05, 0) is 30.9 Å². The number of benzene rings is 1. The molecule has 0 aromatic heterocycles. The lowest BCUT2D eigenvalue weighted by Crippen LogP contribution is -2.12. The number of hydrogen-bond acceptors (Lipinski definition) is 2. The van der Waals surface area contributed by atoms with E-state index in [0.29, 0.717) is 5.75 Å². The average molecular weight is 210 g/mol. The Balaban J connectivity index is 2.56. The number of aryl methyl sites for hydroxylation is 1. The Bertz CT molecular complexity index is 434. The van der Waals surface area contributed by atoms with Crippen molar-refractivity contribution < 1.29 is 8.42 Å². The predicted octanol–water partition coefficient (Wildman–Crippen LogP) is 2.11. The monoisotopic (exact) mass is 210 g/mol. The van der Waals surface area contributed by atoms with E-state index in [1.165, 1.54) is 5.56 Å². The van der Waals surface area contributed by atoms with Crippen LogP contribution in [0.4, 0.5) is 0 Å².